The fourth-order valence-corrected chi connectivity index (χ4v) is 0.534. The molecule has 45 valence electrons. The van der Waals surface area contributed by atoms with Crippen LogP contribution in [0.1, 0.15) is 32.6 Å². The maximum absolute atomic E-state index is 5.04. The summed E-state index contributed by atoms with van der Waals surface area (Å²) in [6.07, 6.45) is 11.7. The van der Waals surface area contributed by atoms with Crippen LogP contribution in [0.25, 0.3) is 0 Å². The highest BCUT2D eigenvalue weighted by atomic mass is 13.9. The third kappa shape index (κ3) is 5.56. The maximum atomic E-state index is 5.04. The van der Waals surface area contributed by atoms with Crippen molar-refractivity contribution >= 4 is 0 Å². The number of rotatable bonds is 4. The van der Waals surface area contributed by atoms with Crippen molar-refractivity contribution in [2.24, 2.45) is 0 Å². The smallest absolute Gasteiger partial charge is 0.00887 e. The van der Waals surface area contributed by atoms with Gasteiger partial charge < -0.3 is 0 Å². The van der Waals surface area contributed by atoms with Gasteiger partial charge in [0.1, 0.15) is 0 Å². The van der Waals surface area contributed by atoms with Gasteiger partial charge in [-0.15, -0.1) is 12.3 Å². The molecule has 0 saturated heterocycles. The lowest BCUT2D eigenvalue weighted by atomic mass is 10.2. The first kappa shape index (κ1) is 7.56. The molecule has 0 rings (SSSR count). The van der Waals surface area contributed by atoms with E-state index in [9.17, 15) is 0 Å². The minimum atomic E-state index is 0.903. The Labute approximate surface area is 52.3 Å². The van der Waals surface area contributed by atoms with Crippen LogP contribution in [0.15, 0.2) is 0 Å². The number of hydrogen-bond donors (Lipinski definition) is 0. The zero-order valence-electron chi connectivity index (χ0n) is 5.48. The summed E-state index contributed by atoms with van der Waals surface area (Å²) in [6, 6.07) is 0. The Kier molecular flexibility index (Phi) is 6.20. The van der Waals surface area contributed by atoms with Gasteiger partial charge in [-0.25, -0.2) is 0 Å². The van der Waals surface area contributed by atoms with Crippen LogP contribution < -0.4 is 0 Å². The molecule has 0 spiro atoms. The van der Waals surface area contributed by atoms with Crippen LogP contribution in [0.3, 0.4) is 0 Å². The summed E-state index contributed by atoms with van der Waals surface area (Å²) in [5.41, 5.74) is 0. The fraction of sp³-hybridized carbons (Fsp3) is 0.625. The molecule has 0 unspecified atom stereocenters. The summed E-state index contributed by atoms with van der Waals surface area (Å²) in [5.74, 6) is 2.60. The number of hydrogen-bond acceptors (Lipinski definition) is 0. The van der Waals surface area contributed by atoms with Gasteiger partial charge in [0.2, 0.25) is 0 Å². The molecule has 0 aliphatic heterocycles. The van der Waals surface area contributed by atoms with E-state index >= 15 is 0 Å². The molecule has 0 aromatic heterocycles. The molecule has 0 aromatic rings. The lowest BCUT2D eigenvalue weighted by molar-refractivity contribution is 0.828. The van der Waals surface area contributed by atoms with Crippen LogP contribution in [0.4, 0.5) is 0 Å². The number of unbranched alkanes of at least 4 members (excludes halogenated alkanes) is 4. The van der Waals surface area contributed by atoms with E-state index in [1.807, 2.05) is 0 Å². The quantitative estimate of drug-likeness (QED) is 0.384. The molecule has 0 aliphatic rings. The molecule has 0 saturated carbocycles. The van der Waals surface area contributed by atoms with Crippen molar-refractivity contribution in [3.05, 3.63) is 6.42 Å². The lowest BCUT2D eigenvalue weighted by Gasteiger charge is -1.90. The van der Waals surface area contributed by atoms with Crippen molar-refractivity contribution in [2.45, 2.75) is 32.6 Å². The van der Waals surface area contributed by atoms with Gasteiger partial charge in [0.25, 0.3) is 0 Å². The predicted molar refractivity (Wildman–Crippen MR) is 37.3 cm³/mol. The maximum Gasteiger partial charge on any atom is 0.00887 e. The molecule has 0 amide bonds. The van der Waals surface area contributed by atoms with Gasteiger partial charge in [-0.05, 0) is 12.8 Å². The average molecular weight is 109 g/mol. The van der Waals surface area contributed by atoms with Gasteiger partial charge in [0, 0.05) is 6.42 Å². The first-order valence-electron chi connectivity index (χ1n) is 3.17. The van der Waals surface area contributed by atoms with E-state index < -0.39 is 0 Å². The third-order valence-electron chi connectivity index (χ3n) is 0.986. The molecule has 0 bridgehead atoms. The summed E-state index contributed by atoms with van der Waals surface area (Å²) in [6.45, 7) is 2.17. The van der Waals surface area contributed by atoms with Gasteiger partial charge in [0.15, 0.2) is 0 Å². The van der Waals surface area contributed by atoms with E-state index in [0.29, 0.717) is 0 Å². The summed E-state index contributed by atoms with van der Waals surface area (Å²) in [4.78, 5) is 0. The largest absolute Gasteiger partial charge is 0.120 e. The molecule has 0 nitrogen and oxygen atoms in total. The van der Waals surface area contributed by atoms with Crippen LogP contribution in [-0.4, -0.2) is 0 Å². The molecule has 1 radical (unpaired) electrons. The summed E-state index contributed by atoms with van der Waals surface area (Å²) >= 11 is 0. The topological polar surface area (TPSA) is 0 Å². The Hall–Kier alpha value is -0.440. The van der Waals surface area contributed by atoms with Crippen molar-refractivity contribution in [3.8, 4) is 12.3 Å². The Morgan fingerprint density at radius 3 is 2.75 bits per heavy atom. The van der Waals surface area contributed by atoms with Gasteiger partial charge in [-0.2, -0.15) is 0 Å². The molecule has 0 aromatic carbocycles. The molecular formula is C8H13. The zero-order valence-corrected chi connectivity index (χ0v) is 5.48. The van der Waals surface area contributed by atoms with Crippen LogP contribution in [0.2, 0.25) is 0 Å². The molecule has 0 heteroatoms. The Morgan fingerprint density at radius 1 is 1.50 bits per heavy atom. The van der Waals surface area contributed by atoms with Crippen molar-refractivity contribution in [1.29, 1.82) is 0 Å². The third-order valence-corrected chi connectivity index (χ3v) is 0.986. The molecule has 0 fully saturated rings. The first-order chi connectivity index (χ1) is 3.91. The summed E-state index contributed by atoms with van der Waals surface area (Å²) < 4.78 is 0. The average Bonchev–Trinajstić information content (AvgIpc) is 1.81. The summed E-state index contributed by atoms with van der Waals surface area (Å²) in [5, 5.41) is 0. The summed E-state index contributed by atoms with van der Waals surface area (Å²) in [7, 11) is 0. The second-order valence-electron chi connectivity index (χ2n) is 1.82. The second-order valence-corrected chi connectivity index (χ2v) is 1.82. The van der Waals surface area contributed by atoms with Crippen LogP contribution in [0, 0.1) is 18.8 Å². The number of terminal acetylenes is 1. The minimum absolute atomic E-state index is 0.903. The van der Waals surface area contributed by atoms with Crippen molar-refractivity contribution in [2.75, 3.05) is 0 Å². The Bertz CT molecular complexity index is 66.6. The molecule has 8 heavy (non-hydrogen) atoms. The molecule has 0 N–H and O–H groups in total. The highest BCUT2D eigenvalue weighted by Gasteiger charge is 1.82. The van der Waals surface area contributed by atoms with E-state index in [2.05, 4.69) is 19.3 Å². The van der Waals surface area contributed by atoms with Gasteiger partial charge in [-0.3, -0.25) is 0 Å². The zero-order chi connectivity index (χ0) is 6.24. The van der Waals surface area contributed by atoms with Crippen molar-refractivity contribution in [3.63, 3.8) is 0 Å². The SMILES string of the molecule is C#CCC[CH]CCC. The van der Waals surface area contributed by atoms with E-state index in [-0.39, 0.29) is 0 Å². The van der Waals surface area contributed by atoms with E-state index in [0.717, 1.165) is 12.8 Å². The Balaban J connectivity index is 2.65. The predicted octanol–water partition coefficient (Wildman–Crippen LogP) is 2.40. The standard InChI is InChI=1S/C8H13/c1-3-5-7-8-6-4-2/h1,8H,4-7H2,2H3. The lowest BCUT2D eigenvalue weighted by Crippen LogP contribution is -1.73. The van der Waals surface area contributed by atoms with Gasteiger partial charge >= 0.3 is 0 Å². The van der Waals surface area contributed by atoms with Crippen molar-refractivity contribution in [1.82, 2.24) is 0 Å². The van der Waals surface area contributed by atoms with Crippen LogP contribution >= 0.6 is 0 Å². The van der Waals surface area contributed by atoms with E-state index in [1.54, 1.807) is 0 Å². The van der Waals surface area contributed by atoms with E-state index in [1.165, 1.54) is 12.8 Å². The first-order valence-corrected chi connectivity index (χ1v) is 3.17. The monoisotopic (exact) mass is 109 g/mol. The molecule has 0 atom stereocenters. The molecule has 0 heterocycles. The van der Waals surface area contributed by atoms with Gasteiger partial charge in [-0.1, -0.05) is 19.8 Å². The fourth-order valence-electron chi connectivity index (χ4n) is 0.534. The van der Waals surface area contributed by atoms with Crippen LogP contribution in [0.5, 0.6) is 0 Å². The Morgan fingerprint density at radius 2 is 2.25 bits per heavy atom. The van der Waals surface area contributed by atoms with Crippen LogP contribution in [-0.2, 0) is 0 Å². The van der Waals surface area contributed by atoms with E-state index in [4.69, 9.17) is 6.42 Å². The molecule has 0 aliphatic carbocycles. The van der Waals surface area contributed by atoms with Gasteiger partial charge in [0.05, 0.1) is 0 Å². The van der Waals surface area contributed by atoms with Crippen molar-refractivity contribution < 1.29 is 0 Å². The normalized spacial score (nSPS) is 8.50. The highest BCUT2D eigenvalue weighted by Crippen LogP contribution is 1.98. The highest BCUT2D eigenvalue weighted by molar-refractivity contribution is 4.85. The second kappa shape index (κ2) is 6.56. The molecular weight excluding hydrogens is 96.1 g/mol. The minimum Gasteiger partial charge on any atom is -0.120 e.